The lowest BCUT2D eigenvalue weighted by atomic mass is 9.88. The molecule has 1 fully saturated rings. The molecule has 2 atom stereocenters. The third-order valence-corrected chi connectivity index (χ3v) is 3.78. The summed E-state index contributed by atoms with van der Waals surface area (Å²) in [7, 11) is 3.80. The number of hydrogen-bond donors (Lipinski definition) is 2. The predicted octanol–water partition coefficient (Wildman–Crippen LogP) is 1.83. The van der Waals surface area contributed by atoms with Crippen molar-refractivity contribution < 1.29 is 24.2 Å². The van der Waals surface area contributed by atoms with E-state index in [4.69, 9.17) is 5.11 Å². The summed E-state index contributed by atoms with van der Waals surface area (Å²) in [6.45, 7) is 5.73. The van der Waals surface area contributed by atoms with Gasteiger partial charge in [-0.3, -0.25) is 9.78 Å². The second-order valence-corrected chi connectivity index (χ2v) is 5.28. The van der Waals surface area contributed by atoms with Crippen LogP contribution in [0.5, 0.6) is 0 Å². The van der Waals surface area contributed by atoms with Crippen molar-refractivity contribution in [1.82, 2.24) is 10.3 Å². The van der Waals surface area contributed by atoms with Gasteiger partial charge in [0.25, 0.3) is 0 Å². The number of carbonyl (C=O) groups is 2. The average molecular weight is 356 g/mol. The van der Waals surface area contributed by atoms with Crippen molar-refractivity contribution in [2.75, 3.05) is 34.4 Å². The third-order valence-electron chi connectivity index (χ3n) is 3.78. The molecule has 144 valence electrons. The first-order valence-corrected chi connectivity index (χ1v) is 7.73. The maximum Gasteiger partial charge on any atom is 0.339 e. The fourth-order valence-electron chi connectivity index (χ4n) is 2.24. The number of nitrogens with one attached hydrogen (secondary N) is 1. The number of pyridine rings is 1. The van der Waals surface area contributed by atoms with Gasteiger partial charge in [-0.2, -0.15) is 0 Å². The van der Waals surface area contributed by atoms with Crippen molar-refractivity contribution in [2.24, 2.45) is 11.8 Å². The van der Waals surface area contributed by atoms with E-state index in [0.29, 0.717) is 11.5 Å². The molecule has 2 N–H and O–H groups in total. The van der Waals surface area contributed by atoms with Crippen LogP contribution in [0.3, 0.4) is 0 Å². The van der Waals surface area contributed by atoms with Gasteiger partial charge in [-0.05, 0) is 37.4 Å². The molecular weight excluding hydrogens is 324 g/mol. The first-order chi connectivity index (χ1) is 11.5. The molecule has 0 bridgehead atoms. The van der Waals surface area contributed by atoms with Crippen LogP contribution in [0, 0.1) is 18.8 Å². The molecule has 0 radical (unpaired) electrons. The van der Waals surface area contributed by atoms with E-state index in [9.17, 15) is 9.59 Å². The topological polar surface area (TPSA) is 97.8 Å². The molecule has 0 saturated carbocycles. The summed E-state index contributed by atoms with van der Waals surface area (Å²) < 4.78 is 9.22. The third kappa shape index (κ3) is 8.60. The molecule has 1 aromatic heterocycles. The maximum atomic E-state index is 11.1. The number of hydrogen-bond acceptors (Lipinski definition) is 7. The van der Waals surface area contributed by atoms with Gasteiger partial charge in [0.1, 0.15) is 0 Å². The average Bonchev–Trinajstić information content (AvgIpc) is 2.63. The lowest BCUT2D eigenvalue weighted by molar-refractivity contribution is -0.147. The monoisotopic (exact) mass is 356 g/mol. The van der Waals surface area contributed by atoms with E-state index >= 15 is 0 Å². The first kappa shape index (κ1) is 25.3. The molecule has 2 heterocycles. The quantitative estimate of drug-likeness (QED) is 0.780. The van der Waals surface area contributed by atoms with Crippen LogP contribution >= 0.6 is 0 Å². The minimum Gasteiger partial charge on any atom is -0.469 e. The number of carbonyl (C=O) groups excluding carboxylic acids is 2. The zero-order valence-corrected chi connectivity index (χ0v) is 15.0. The molecule has 0 spiro atoms. The highest BCUT2D eigenvalue weighted by atomic mass is 16.5. The van der Waals surface area contributed by atoms with E-state index in [1.807, 2.05) is 6.92 Å². The predicted molar refractivity (Wildman–Crippen MR) is 97.3 cm³/mol. The molecule has 7 nitrogen and oxygen atoms in total. The van der Waals surface area contributed by atoms with Crippen molar-refractivity contribution in [3.63, 3.8) is 0 Å². The molecule has 0 aliphatic carbocycles. The zero-order chi connectivity index (χ0) is 18.5. The SMILES string of the molecule is C.CO.COC(=O)C1CNCCC1C.COC(=O)c1cnccc1C. The fraction of sp³-hybridized carbons (Fsp3) is 0.611. The molecule has 0 amide bonds. The molecule has 2 rings (SSSR count). The number of aryl methyl sites for hydroxylation is 1. The van der Waals surface area contributed by atoms with Gasteiger partial charge in [0.05, 0.1) is 25.7 Å². The molecule has 1 saturated heterocycles. The minimum atomic E-state index is -0.337. The van der Waals surface area contributed by atoms with E-state index in [1.54, 1.807) is 12.3 Å². The van der Waals surface area contributed by atoms with Crippen molar-refractivity contribution in [3.8, 4) is 0 Å². The summed E-state index contributed by atoms with van der Waals surface area (Å²) in [4.78, 5) is 25.9. The van der Waals surface area contributed by atoms with Crippen LogP contribution in [0.4, 0.5) is 0 Å². The van der Waals surface area contributed by atoms with E-state index in [0.717, 1.165) is 32.2 Å². The summed E-state index contributed by atoms with van der Waals surface area (Å²) in [5.74, 6) is 0.109. The smallest absolute Gasteiger partial charge is 0.339 e. The molecule has 25 heavy (non-hydrogen) atoms. The fourth-order valence-corrected chi connectivity index (χ4v) is 2.24. The Bertz CT molecular complexity index is 508. The van der Waals surface area contributed by atoms with E-state index in [-0.39, 0.29) is 25.3 Å². The zero-order valence-electron chi connectivity index (χ0n) is 15.0. The van der Waals surface area contributed by atoms with E-state index in [2.05, 4.69) is 26.7 Å². The Balaban J connectivity index is 0. The number of aliphatic hydroxyl groups is 1. The highest BCUT2D eigenvalue weighted by molar-refractivity contribution is 5.90. The number of methoxy groups -OCH3 is 2. The van der Waals surface area contributed by atoms with Gasteiger partial charge in [-0.1, -0.05) is 14.4 Å². The second-order valence-electron chi connectivity index (χ2n) is 5.28. The number of rotatable bonds is 2. The largest absolute Gasteiger partial charge is 0.469 e. The number of ether oxygens (including phenoxy) is 2. The first-order valence-electron chi connectivity index (χ1n) is 7.73. The normalized spacial score (nSPS) is 18.2. The number of aromatic nitrogens is 1. The van der Waals surface area contributed by atoms with Crippen molar-refractivity contribution in [2.45, 2.75) is 27.7 Å². The summed E-state index contributed by atoms with van der Waals surface area (Å²) in [5, 5.41) is 10.2. The van der Waals surface area contributed by atoms with Gasteiger partial charge in [-0.25, -0.2) is 4.79 Å². The second kappa shape index (κ2) is 14.4. The summed E-state index contributed by atoms with van der Waals surface area (Å²) in [6.07, 6.45) is 4.21. The highest BCUT2D eigenvalue weighted by Crippen LogP contribution is 2.19. The Labute approximate surface area is 150 Å². The molecule has 7 heteroatoms. The van der Waals surface area contributed by atoms with Crippen LogP contribution in [-0.2, 0) is 14.3 Å². The molecule has 1 aliphatic heterocycles. The van der Waals surface area contributed by atoms with Crippen LogP contribution in [-0.4, -0.2) is 56.4 Å². The number of esters is 2. The Morgan fingerprint density at radius 3 is 2.40 bits per heavy atom. The molecular formula is C18H32N2O5. The summed E-state index contributed by atoms with van der Waals surface area (Å²) in [6, 6.07) is 1.77. The molecule has 0 aromatic carbocycles. The Kier molecular flexibility index (Phi) is 14.5. The van der Waals surface area contributed by atoms with Gasteiger partial charge in [0.15, 0.2) is 0 Å². The number of nitrogens with zero attached hydrogens (tertiary/aromatic N) is 1. The van der Waals surface area contributed by atoms with Crippen molar-refractivity contribution in [3.05, 3.63) is 29.6 Å². The van der Waals surface area contributed by atoms with Gasteiger partial charge < -0.3 is 19.9 Å². The van der Waals surface area contributed by atoms with E-state index in [1.165, 1.54) is 20.4 Å². The Morgan fingerprint density at radius 2 is 1.92 bits per heavy atom. The van der Waals surface area contributed by atoms with Gasteiger partial charge in [0.2, 0.25) is 0 Å². The van der Waals surface area contributed by atoms with Gasteiger partial charge in [-0.15, -0.1) is 0 Å². The lowest BCUT2D eigenvalue weighted by Crippen LogP contribution is -2.40. The van der Waals surface area contributed by atoms with Crippen LogP contribution in [0.15, 0.2) is 18.5 Å². The van der Waals surface area contributed by atoms with Crippen LogP contribution in [0.1, 0.15) is 36.7 Å². The number of aliphatic hydroxyl groups excluding tert-OH is 1. The molecule has 2 unspecified atom stereocenters. The van der Waals surface area contributed by atoms with E-state index < -0.39 is 0 Å². The van der Waals surface area contributed by atoms with Crippen molar-refractivity contribution in [1.29, 1.82) is 0 Å². The Hall–Kier alpha value is -1.99. The lowest BCUT2D eigenvalue weighted by Gasteiger charge is -2.26. The maximum absolute atomic E-state index is 11.1. The highest BCUT2D eigenvalue weighted by Gasteiger charge is 2.27. The standard InChI is InChI=1S/C8H15NO2.C8H9NO2.CH4O.CH4/c2*1-6-3-4-9-5-7(6)8(10)11-2;1-2;/h6-7,9H,3-5H2,1-2H3;3-5H,1-2H3;2H,1H3;1H4. The van der Waals surface area contributed by atoms with Crippen molar-refractivity contribution >= 4 is 11.9 Å². The van der Waals surface area contributed by atoms with Crippen LogP contribution in [0.2, 0.25) is 0 Å². The van der Waals surface area contributed by atoms with Crippen LogP contribution in [0.25, 0.3) is 0 Å². The Morgan fingerprint density at radius 1 is 1.28 bits per heavy atom. The number of piperidine rings is 1. The molecule has 1 aliphatic rings. The molecule has 1 aromatic rings. The summed E-state index contributed by atoms with van der Waals surface area (Å²) >= 11 is 0. The minimum absolute atomic E-state index is 0. The van der Waals surface area contributed by atoms with Crippen LogP contribution < -0.4 is 5.32 Å². The van der Waals surface area contributed by atoms with Gasteiger partial charge >= 0.3 is 11.9 Å². The van der Waals surface area contributed by atoms with Gasteiger partial charge in [0, 0.05) is 26.0 Å². The summed E-state index contributed by atoms with van der Waals surface area (Å²) in [5.41, 5.74) is 1.40.